The van der Waals surface area contributed by atoms with Gasteiger partial charge >= 0.3 is 0 Å². The number of aliphatic hydroxyl groups is 1. The third-order valence-electron chi connectivity index (χ3n) is 18.6. The number of hydrogen-bond acceptors (Lipinski definition) is 1. The maximum Gasteiger partial charge on any atom is 0.105 e. The van der Waals surface area contributed by atoms with Gasteiger partial charge in [0.25, 0.3) is 0 Å². The fourth-order valence-corrected chi connectivity index (χ4v) is 14.3. The van der Waals surface area contributed by atoms with E-state index in [1.807, 2.05) is 0 Å². The first-order valence-electron chi connectivity index (χ1n) is 26.3. The van der Waals surface area contributed by atoms with Crippen molar-refractivity contribution in [2.45, 2.75) is 228 Å². The van der Waals surface area contributed by atoms with Crippen LogP contribution in [0.2, 0.25) is 0 Å². The van der Waals surface area contributed by atoms with E-state index in [2.05, 4.69) is 75.0 Å². The molecule has 0 aliphatic heterocycles. The Labute approximate surface area is 383 Å². The Balaban J connectivity index is 1.10. The highest BCUT2D eigenvalue weighted by atomic mass is 35.5. The summed E-state index contributed by atoms with van der Waals surface area (Å²) in [6.07, 6.45) is 27.0. The highest BCUT2D eigenvalue weighted by Gasteiger charge is 2.50. The molecule has 0 aromatic rings. The van der Waals surface area contributed by atoms with Crippen molar-refractivity contribution in [3.63, 3.8) is 0 Å². The Morgan fingerprint density at radius 2 is 1.48 bits per heavy atom. The molecule has 0 spiro atoms. The lowest BCUT2D eigenvalue weighted by molar-refractivity contribution is 0.0838. The molecular weight excluding hydrogens is 767 g/mol. The summed E-state index contributed by atoms with van der Waals surface area (Å²) in [5, 5.41) is 12.1. The molecule has 4 saturated carbocycles. The SMILES string of the molecule is C=C(CC(C)(C)CC(=C)C(O)C1CCC(CC(C)C(C)C(CC(C)C2CC2CC(C)(C)F)CC2(C3=CCC(Cl)CC3)CC2)CC1)C(C)C(CC)C(=C)C1CCC(C(C)C)CC1. The van der Waals surface area contributed by atoms with Gasteiger partial charge in [0.05, 0.1) is 6.10 Å². The molecule has 3 heteroatoms. The van der Waals surface area contributed by atoms with Gasteiger partial charge in [0.15, 0.2) is 0 Å². The zero-order valence-electron chi connectivity index (χ0n) is 41.9. The largest absolute Gasteiger partial charge is 0.388 e. The van der Waals surface area contributed by atoms with Crippen LogP contribution < -0.4 is 0 Å². The summed E-state index contributed by atoms with van der Waals surface area (Å²) in [5.41, 5.74) is 4.97. The molecule has 0 saturated heterocycles. The van der Waals surface area contributed by atoms with E-state index < -0.39 is 11.8 Å². The topological polar surface area (TPSA) is 20.2 Å². The van der Waals surface area contributed by atoms with Gasteiger partial charge in [-0.25, -0.2) is 4.39 Å². The minimum absolute atomic E-state index is 0.0124. The maximum absolute atomic E-state index is 14.6. The van der Waals surface area contributed by atoms with Gasteiger partial charge in [-0.15, -0.1) is 11.6 Å². The molecule has 61 heavy (non-hydrogen) atoms. The molecule has 350 valence electrons. The highest BCUT2D eigenvalue weighted by molar-refractivity contribution is 6.20. The molecule has 0 amide bonds. The Bertz CT molecular complexity index is 1460. The summed E-state index contributed by atoms with van der Waals surface area (Å²) in [4.78, 5) is 0. The molecule has 4 fully saturated rings. The van der Waals surface area contributed by atoms with Crippen LogP contribution in [0.4, 0.5) is 4.39 Å². The second-order valence-corrected chi connectivity index (χ2v) is 25.6. The molecule has 1 N–H and O–H groups in total. The molecule has 0 bridgehead atoms. The lowest BCUT2D eigenvalue weighted by atomic mass is 9.67. The minimum Gasteiger partial charge on any atom is -0.388 e. The summed E-state index contributed by atoms with van der Waals surface area (Å²) in [6.45, 7) is 39.4. The van der Waals surface area contributed by atoms with Crippen LogP contribution in [0.3, 0.4) is 0 Å². The monoisotopic (exact) mass is 865 g/mol. The normalized spacial score (nSPS) is 31.6. The number of allylic oxidation sites excluding steroid dienone is 4. The van der Waals surface area contributed by atoms with Crippen LogP contribution >= 0.6 is 11.6 Å². The molecule has 0 aromatic heterocycles. The minimum atomic E-state index is -1.06. The Morgan fingerprint density at radius 3 is 2.02 bits per heavy atom. The average Bonchev–Trinajstić information content (AvgIpc) is 4.14. The van der Waals surface area contributed by atoms with Gasteiger partial charge < -0.3 is 5.11 Å². The molecular formula is C58H98ClFO. The van der Waals surface area contributed by atoms with Crippen LogP contribution in [0.5, 0.6) is 0 Å². The molecule has 0 radical (unpaired) electrons. The van der Waals surface area contributed by atoms with Gasteiger partial charge in [-0.1, -0.05) is 118 Å². The Hall–Kier alpha value is -0.860. The molecule has 5 rings (SSSR count). The first-order chi connectivity index (χ1) is 28.5. The quantitative estimate of drug-likeness (QED) is 0.0757. The van der Waals surface area contributed by atoms with Crippen LogP contribution in [-0.2, 0) is 0 Å². The van der Waals surface area contributed by atoms with Gasteiger partial charge in [0.2, 0.25) is 0 Å². The molecule has 10 unspecified atom stereocenters. The summed E-state index contributed by atoms with van der Waals surface area (Å²) < 4.78 is 14.6. The highest BCUT2D eigenvalue weighted by Crippen LogP contribution is 2.61. The summed E-state index contributed by atoms with van der Waals surface area (Å²) >= 11 is 6.56. The lowest BCUT2D eigenvalue weighted by Gasteiger charge is -2.39. The Kier molecular flexibility index (Phi) is 18.1. The molecule has 0 heterocycles. The zero-order chi connectivity index (χ0) is 45.0. The van der Waals surface area contributed by atoms with Gasteiger partial charge in [0, 0.05) is 5.38 Å². The second-order valence-electron chi connectivity index (χ2n) is 25.0. The number of alkyl halides is 2. The average molecular weight is 866 g/mol. The Morgan fingerprint density at radius 1 is 0.869 bits per heavy atom. The van der Waals surface area contributed by atoms with Crippen molar-refractivity contribution in [3.8, 4) is 0 Å². The number of aliphatic hydroxyl groups excluding tert-OH is 1. The van der Waals surface area contributed by atoms with Gasteiger partial charge in [0.1, 0.15) is 5.67 Å². The van der Waals surface area contributed by atoms with Crippen molar-refractivity contribution < 1.29 is 9.50 Å². The number of hydrogen-bond donors (Lipinski definition) is 1. The maximum atomic E-state index is 14.6. The van der Waals surface area contributed by atoms with Crippen LogP contribution in [-0.4, -0.2) is 22.3 Å². The molecule has 0 aromatic carbocycles. The third-order valence-corrected chi connectivity index (χ3v) is 19.0. The first-order valence-corrected chi connectivity index (χ1v) is 26.7. The molecule has 5 aliphatic rings. The van der Waals surface area contributed by atoms with E-state index in [9.17, 15) is 9.50 Å². The van der Waals surface area contributed by atoms with Crippen LogP contribution in [0, 0.1) is 87.8 Å². The van der Waals surface area contributed by atoms with E-state index in [1.165, 1.54) is 94.6 Å². The first kappa shape index (κ1) is 51.1. The number of rotatable bonds is 24. The number of halogens is 2. The van der Waals surface area contributed by atoms with Crippen LogP contribution in [0.25, 0.3) is 0 Å². The summed E-state index contributed by atoms with van der Waals surface area (Å²) in [5.74, 6) is 8.36. The van der Waals surface area contributed by atoms with E-state index in [1.54, 1.807) is 19.4 Å². The van der Waals surface area contributed by atoms with Crippen molar-refractivity contribution in [3.05, 3.63) is 48.1 Å². The fourth-order valence-electron chi connectivity index (χ4n) is 14.1. The fraction of sp³-hybridized carbons (Fsp3) is 0.862. The summed E-state index contributed by atoms with van der Waals surface area (Å²) in [6, 6.07) is 0. The predicted molar refractivity (Wildman–Crippen MR) is 265 cm³/mol. The zero-order valence-corrected chi connectivity index (χ0v) is 42.7. The lowest BCUT2D eigenvalue weighted by Crippen LogP contribution is -2.31. The molecule has 10 atom stereocenters. The van der Waals surface area contributed by atoms with E-state index in [0.717, 1.165) is 74.7 Å². The van der Waals surface area contributed by atoms with Crippen LogP contribution in [0.1, 0.15) is 211 Å². The van der Waals surface area contributed by atoms with E-state index >= 15 is 0 Å². The van der Waals surface area contributed by atoms with Crippen molar-refractivity contribution in [1.82, 2.24) is 0 Å². The van der Waals surface area contributed by atoms with Gasteiger partial charge in [-0.2, -0.15) is 0 Å². The second kappa shape index (κ2) is 21.6. The van der Waals surface area contributed by atoms with Gasteiger partial charge in [-0.05, 0) is 229 Å². The van der Waals surface area contributed by atoms with E-state index in [0.29, 0.717) is 70.0 Å². The summed E-state index contributed by atoms with van der Waals surface area (Å²) in [7, 11) is 0. The van der Waals surface area contributed by atoms with Crippen molar-refractivity contribution in [2.24, 2.45) is 87.8 Å². The third kappa shape index (κ3) is 14.3. The van der Waals surface area contributed by atoms with Crippen molar-refractivity contribution in [2.75, 3.05) is 0 Å². The predicted octanol–water partition coefficient (Wildman–Crippen LogP) is 17.7. The van der Waals surface area contributed by atoms with Gasteiger partial charge in [-0.3, -0.25) is 0 Å². The van der Waals surface area contributed by atoms with E-state index in [4.69, 9.17) is 24.8 Å². The standard InChI is InChI=1S/C58H98ClFO/c1-15-53(44(10)47-22-20-46(21-23-47)37(2)3)43(9)40(6)33-56(11,12)34-41(7)55(61)48-18-16-45(17-19-48)30-38(4)42(8)49(31-39(5)54-32-50(54)35-57(13,14)60)36-58(28-29-58)51-24-26-52(59)27-25-51/h24,37-39,42-43,45-50,52-55,61H,6-7,10,15-23,25-36H2,1-5,8-9,11-14H3. The smallest absolute Gasteiger partial charge is 0.105 e. The van der Waals surface area contributed by atoms with Crippen molar-refractivity contribution >= 4 is 11.6 Å². The van der Waals surface area contributed by atoms with E-state index in [-0.39, 0.29) is 5.41 Å². The molecule has 1 nitrogen and oxygen atoms in total. The molecule has 5 aliphatic carbocycles. The van der Waals surface area contributed by atoms with Crippen molar-refractivity contribution in [1.29, 1.82) is 0 Å². The van der Waals surface area contributed by atoms with Crippen LogP contribution in [0.15, 0.2) is 48.1 Å².